The predicted octanol–water partition coefficient (Wildman–Crippen LogP) is 2.90. The molecular formula is C15H20BrN3O2. The quantitative estimate of drug-likeness (QED) is 0.867. The number of methoxy groups -OCH3 is 2. The zero-order valence-corrected chi connectivity index (χ0v) is 14.3. The van der Waals surface area contributed by atoms with Gasteiger partial charge in [-0.05, 0) is 40.7 Å². The number of hydrogen-bond donors (Lipinski definition) is 1. The van der Waals surface area contributed by atoms with Crippen LogP contribution in [0.4, 0.5) is 0 Å². The second kappa shape index (κ2) is 6.95. The molecule has 0 aliphatic rings. The minimum Gasteiger partial charge on any atom is -0.497 e. The number of rotatable bonds is 6. The highest BCUT2D eigenvalue weighted by atomic mass is 79.9. The number of nitrogens with one attached hydrogen (secondary N) is 1. The summed E-state index contributed by atoms with van der Waals surface area (Å²) in [6.45, 7) is 2.90. The molecule has 0 saturated carbocycles. The fourth-order valence-corrected chi connectivity index (χ4v) is 2.95. The topological polar surface area (TPSA) is 48.3 Å². The molecule has 0 saturated heterocycles. The van der Waals surface area contributed by atoms with Gasteiger partial charge in [-0.15, -0.1) is 0 Å². The van der Waals surface area contributed by atoms with Gasteiger partial charge in [0.25, 0.3) is 0 Å². The number of aryl methyl sites for hydroxylation is 1. The van der Waals surface area contributed by atoms with Gasteiger partial charge in [0.2, 0.25) is 0 Å². The average Bonchev–Trinajstić information content (AvgIpc) is 2.83. The van der Waals surface area contributed by atoms with E-state index in [0.717, 1.165) is 33.8 Å². The summed E-state index contributed by atoms with van der Waals surface area (Å²) in [4.78, 5) is 0. The van der Waals surface area contributed by atoms with Crippen molar-refractivity contribution in [1.29, 1.82) is 0 Å². The molecule has 1 atom stereocenters. The molecule has 0 spiro atoms. The second-order valence-corrected chi connectivity index (χ2v) is 5.45. The maximum atomic E-state index is 5.51. The van der Waals surface area contributed by atoms with Gasteiger partial charge in [0.1, 0.15) is 11.5 Å². The standard InChI is InChI=1S/C15H20BrN3O2/c1-5-17-14(15-12(16)9-18-19(15)2)11-8-10(20-3)6-7-13(11)21-4/h6-9,14,17H,5H2,1-4H3. The Balaban J connectivity index is 2.57. The molecule has 114 valence electrons. The van der Waals surface area contributed by atoms with Crippen molar-refractivity contribution in [3.05, 3.63) is 40.1 Å². The number of nitrogens with zero attached hydrogens (tertiary/aromatic N) is 2. The van der Waals surface area contributed by atoms with Crippen LogP contribution >= 0.6 is 15.9 Å². The molecule has 1 unspecified atom stereocenters. The Morgan fingerprint density at radius 1 is 1.33 bits per heavy atom. The summed E-state index contributed by atoms with van der Waals surface area (Å²) >= 11 is 3.57. The first-order valence-corrected chi connectivity index (χ1v) is 7.54. The molecule has 0 aliphatic carbocycles. The molecular weight excluding hydrogens is 334 g/mol. The van der Waals surface area contributed by atoms with E-state index >= 15 is 0 Å². The van der Waals surface area contributed by atoms with Crippen molar-refractivity contribution in [2.75, 3.05) is 20.8 Å². The third-order valence-electron chi connectivity index (χ3n) is 3.37. The third-order valence-corrected chi connectivity index (χ3v) is 3.98. The van der Waals surface area contributed by atoms with Crippen LogP contribution in [0.5, 0.6) is 11.5 Å². The van der Waals surface area contributed by atoms with Gasteiger partial charge >= 0.3 is 0 Å². The smallest absolute Gasteiger partial charge is 0.124 e. The highest BCUT2D eigenvalue weighted by Crippen LogP contribution is 2.35. The number of ether oxygens (including phenoxy) is 2. The van der Waals surface area contributed by atoms with E-state index in [1.54, 1.807) is 20.4 Å². The Labute approximate surface area is 133 Å². The Hall–Kier alpha value is -1.53. The van der Waals surface area contributed by atoms with Crippen LogP contribution < -0.4 is 14.8 Å². The summed E-state index contributed by atoms with van der Waals surface area (Å²) in [5, 5.41) is 7.78. The van der Waals surface area contributed by atoms with Crippen LogP contribution in [0.2, 0.25) is 0 Å². The van der Waals surface area contributed by atoms with Gasteiger partial charge in [-0.1, -0.05) is 6.92 Å². The lowest BCUT2D eigenvalue weighted by atomic mass is 10.0. The van der Waals surface area contributed by atoms with Crippen LogP contribution in [-0.2, 0) is 7.05 Å². The third kappa shape index (κ3) is 3.22. The molecule has 21 heavy (non-hydrogen) atoms. The van der Waals surface area contributed by atoms with Gasteiger partial charge in [0.15, 0.2) is 0 Å². The highest BCUT2D eigenvalue weighted by Gasteiger charge is 2.23. The number of aromatic nitrogens is 2. The van der Waals surface area contributed by atoms with E-state index in [1.165, 1.54) is 0 Å². The SMILES string of the molecule is CCNC(c1cc(OC)ccc1OC)c1c(Br)cnn1C. The van der Waals surface area contributed by atoms with Gasteiger partial charge < -0.3 is 14.8 Å². The van der Waals surface area contributed by atoms with E-state index in [2.05, 4.69) is 33.3 Å². The molecule has 1 heterocycles. The lowest BCUT2D eigenvalue weighted by Gasteiger charge is -2.22. The van der Waals surface area contributed by atoms with E-state index in [-0.39, 0.29) is 6.04 Å². The minimum absolute atomic E-state index is 0.0399. The number of benzene rings is 1. The fourth-order valence-electron chi connectivity index (χ4n) is 2.37. The van der Waals surface area contributed by atoms with Gasteiger partial charge in [-0.2, -0.15) is 5.10 Å². The first-order valence-electron chi connectivity index (χ1n) is 6.75. The van der Waals surface area contributed by atoms with Crippen molar-refractivity contribution >= 4 is 15.9 Å². The number of halogens is 1. The molecule has 0 aliphatic heterocycles. The van der Waals surface area contributed by atoms with E-state index in [9.17, 15) is 0 Å². The molecule has 2 rings (SSSR count). The molecule has 0 radical (unpaired) electrons. The Kier molecular flexibility index (Phi) is 5.25. The zero-order valence-electron chi connectivity index (χ0n) is 12.7. The highest BCUT2D eigenvalue weighted by molar-refractivity contribution is 9.10. The molecule has 2 aromatic rings. The summed E-state index contributed by atoms with van der Waals surface area (Å²) in [6.07, 6.45) is 1.80. The van der Waals surface area contributed by atoms with Gasteiger partial charge in [-0.25, -0.2) is 0 Å². The van der Waals surface area contributed by atoms with Gasteiger partial charge in [0, 0.05) is 12.6 Å². The fraction of sp³-hybridized carbons (Fsp3) is 0.400. The zero-order chi connectivity index (χ0) is 15.4. The van der Waals surface area contributed by atoms with Crippen LogP contribution in [0, 0.1) is 0 Å². The first kappa shape index (κ1) is 15.9. The number of hydrogen-bond acceptors (Lipinski definition) is 4. The van der Waals surface area contributed by atoms with Gasteiger partial charge in [0.05, 0.1) is 36.6 Å². The largest absolute Gasteiger partial charge is 0.497 e. The molecule has 1 N–H and O–H groups in total. The van der Waals surface area contributed by atoms with Crippen LogP contribution in [0.1, 0.15) is 24.2 Å². The first-order chi connectivity index (χ1) is 10.1. The molecule has 0 bridgehead atoms. The van der Waals surface area contributed by atoms with Crippen molar-refractivity contribution in [3.8, 4) is 11.5 Å². The summed E-state index contributed by atoms with van der Waals surface area (Å²) in [6, 6.07) is 5.76. The summed E-state index contributed by atoms with van der Waals surface area (Å²) in [5.74, 6) is 1.61. The molecule has 1 aromatic carbocycles. The molecule has 5 nitrogen and oxygen atoms in total. The van der Waals surface area contributed by atoms with Crippen molar-refractivity contribution in [2.24, 2.45) is 7.05 Å². The molecule has 0 amide bonds. The van der Waals surface area contributed by atoms with Crippen molar-refractivity contribution < 1.29 is 9.47 Å². The Morgan fingerprint density at radius 3 is 2.62 bits per heavy atom. The van der Waals surface area contributed by atoms with E-state index < -0.39 is 0 Å². The van der Waals surface area contributed by atoms with Crippen LogP contribution in [-0.4, -0.2) is 30.5 Å². The predicted molar refractivity (Wildman–Crippen MR) is 86.0 cm³/mol. The van der Waals surface area contributed by atoms with Gasteiger partial charge in [-0.3, -0.25) is 4.68 Å². The lowest BCUT2D eigenvalue weighted by molar-refractivity contribution is 0.392. The monoisotopic (exact) mass is 353 g/mol. The van der Waals surface area contributed by atoms with Crippen molar-refractivity contribution in [3.63, 3.8) is 0 Å². The van der Waals surface area contributed by atoms with Crippen molar-refractivity contribution in [1.82, 2.24) is 15.1 Å². The average molecular weight is 354 g/mol. The Morgan fingerprint density at radius 2 is 2.10 bits per heavy atom. The van der Waals surface area contributed by atoms with E-state index in [0.29, 0.717) is 0 Å². The summed E-state index contributed by atoms with van der Waals surface area (Å²) in [5.41, 5.74) is 2.06. The van der Waals surface area contributed by atoms with E-state index in [4.69, 9.17) is 9.47 Å². The lowest BCUT2D eigenvalue weighted by Crippen LogP contribution is -2.25. The Bertz CT molecular complexity index is 593. The maximum Gasteiger partial charge on any atom is 0.124 e. The second-order valence-electron chi connectivity index (χ2n) is 4.60. The van der Waals surface area contributed by atoms with Crippen LogP contribution in [0.25, 0.3) is 0 Å². The van der Waals surface area contributed by atoms with Crippen molar-refractivity contribution in [2.45, 2.75) is 13.0 Å². The summed E-state index contributed by atoms with van der Waals surface area (Å²) in [7, 11) is 5.26. The minimum atomic E-state index is -0.0399. The maximum absolute atomic E-state index is 5.51. The van der Waals surface area contributed by atoms with E-state index in [1.807, 2.05) is 29.9 Å². The van der Waals surface area contributed by atoms with Crippen LogP contribution in [0.15, 0.2) is 28.9 Å². The molecule has 1 aromatic heterocycles. The van der Waals surface area contributed by atoms with Crippen LogP contribution in [0.3, 0.4) is 0 Å². The molecule has 0 fully saturated rings. The normalized spacial score (nSPS) is 12.2. The molecule has 6 heteroatoms. The summed E-state index contributed by atoms with van der Waals surface area (Å²) < 4.78 is 13.7.